The van der Waals surface area contributed by atoms with Gasteiger partial charge in [0.2, 0.25) is 0 Å². The van der Waals surface area contributed by atoms with Crippen molar-refractivity contribution in [1.29, 1.82) is 0 Å². The highest BCUT2D eigenvalue weighted by atomic mass is 19.1. The van der Waals surface area contributed by atoms with Crippen LogP contribution in [0, 0.1) is 17.7 Å². The number of hydrogen-bond acceptors (Lipinski definition) is 3. The van der Waals surface area contributed by atoms with Gasteiger partial charge in [-0.2, -0.15) is 0 Å². The maximum Gasteiger partial charge on any atom is 0.138 e. The lowest BCUT2D eigenvalue weighted by Gasteiger charge is -2.11. The monoisotopic (exact) mass is 285 g/mol. The highest BCUT2D eigenvalue weighted by Gasteiger charge is 2.07. The lowest BCUT2D eigenvalue weighted by Crippen LogP contribution is -2.00. The first-order valence-corrected chi connectivity index (χ1v) is 6.47. The molecule has 4 heteroatoms. The highest BCUT2D eigenvalue weighted by molar-refractivity contribution is 5.46. The summed E-state index contributed by atoms with van der Waals surface area (Å²) in [6.45, 7) is 0.508. The number of nitrogens with two attached hydrogens (primary N) is 1. The highest BCUT2D eigenvalue weighted by Crippen LogP contribution is 2.23. The van der Waals surface area contributed by atoms with Crippen LogP contribution in [-0.4, -0.2) is 13.7 Å². The molecule has 0 radical (unpaired) electrons. The van der Waals surface area contributed by atoms with Crippen molar-refractivity contribution in [1.82, 2.24) is 0 Å². The van der Waals surface area contributed by atoms with Crippen molar-refractivity contribution in [3.05, 3.63) is 59.4 Å². The summed E-state index contributed by atoms with van der Waals surface area (Å²) >= 11 is 0. The average molecular weight is 285 g/mol. The molecule has 0 spiro atoms. The van der Waals surface area contributed by atoms with Crippen molar-refractivity contribution in [2.75, 3.05) is 13.7 Å². The molecule has 0 saturated carbocycles. The molecule has 0 atom stereocenters. The van der Waals surface area contributed by atoms with Gasteiger partial charge in [0.15, 0.2) is 0 Å². The van der Waals surface area contributed by atoms with Gasteiger partial charge in [-0.3, -0.25) is 0 Å². The van der Waals surface area contributed by atoms with E-state index in [1.165, 1.54) is 12.1 Å². The molecule has 0 amide bonds. The third-order valence-electron chi connectivity index (χ3n) is 2.84. The van der Waals surface area contributed by atoms with Crippen LogP contribution in [0.4, 0.5) is 4.39 Å². The molecule has 0 aliphatic rings. The Morgan fingerprint density at radius 2 is 1.95 bits per heavy atom. The summed E-state index contributed by atoms with van der Waals surface area (Å²) < 4.78 is 24.3. The Bertz CT molecular complexity index is 674. The summed E-state index contributed by atoms with van der Waals surface area (Å²) in [5.74, 6) is 6.35. The van der Waals surface area contributed by atoms with Crippen LogP contribution in [0.3, 0.4) is 0 Å². The molecule has 0 saturated heterocycles. The van der Waals surface area contributed by atoms with E-state index in [9.17, 15) is 4.39 Å². The van der Waals surface area contributed by atoms with E-state index in [4.69, 9.17) is 15.2 Å². The van der Waals surface area contributed by atoms with Gasteiger partial charge in [-0.1, -0.05) is 30.0 Å². The number of ether oxygens (including phenoxy) is 2. The van der Waals surface area contributed by atoms with Gasteiger partial charge in [-0.15, -0.1) is 0 Å². The molecule has 0 bridgehead atoms. The second-order valence-corrected chi connectivity index (χ2v) is 4.25. The first-order chi connectivity index (χ1) is 10.2. The van der Waals surface area contributed by atoms with Gasteiger partial charge in [0.05, 0.1) is 19.2 Å². The van der Waals surface area contributed by atoms with E-state index in [0.29, 0.717) is 11.3 Å². The molecule has 3 nitrogen and oxygen atoms in total. The molecular formula is C17H16FNO2. The van der Waals surface area contributed by atoms with Crippen LogP contribution in [0.15, 0.2) is 42.5 Å². The Hall–Kier alpha value is -2.51. The molecule has 2 aromatic carbocycles. The van der Waals surface area contributed by atoms with Gasteiger partial charge in [0.1, 0.15) is 23.9 Å². The van der Waals surface area contributed by atoms with Crippen molar-refractivity contribution in [3.8, 4) is 23.3 Å². The Kier molecular flexibility index (Phi) is 5.19. The second-order valence-electron chi connectivity index (χ2n) is 4.25. The van der Waals surface area contributed by atoms with Crippen molar-refractivity contribution in [2.45, 2.75) is 6.61 Å². The van der Waals surface area contributed by atoms with Crippen LogP contribution in [0.25, 0.3) is 0 Å². The van der Waals surface area contributed by atoms with Crippen molar-refractivity contribution in [2.24, 2.45) is 5.73 Å². The smallest absolute Gasteiger partial charge is 0.138 e. The van der Waals surface area contributed by atoms with E-state index in [1.54, 1.807) is 13.2 Å². The van der Waals surface area contributed by atoms with Crippen LogP contribution in [-0.2, 0) is 6.61 Å². The van der Waals surface area contributed by atoms with Gasteiger partial charge in [-0.25, -0.2) is 4.39 Å². The first-order valence-electron chi connectivity index (χ1n) is 6.47. The molecular weight excluding hydrogens is 269 g/mol. The molecule has 2 aromatic rings. The van der Waals surface area contributed by atoms with Crippen LogP contribution in [0.2, 0.25) is 0 Å². The first kappa shape index (κ1) is 14.9. The number of benzene rings is 2. The van der Waals surface area contributed by atoms with Crippen molar-refractivity contribution >= 4 is 0 Å². The summed E-state index contributed by atoms with van der Waals surface area (Å²) in [5, 5.41) is 0. The molecule has 0 aromatic heterocycles. The minimum Gasteiger partial charge on any atom is -0.496 e. The van der Waals surface area contributed by atoms with E-state index < -0.39 is 0 Å². The minimum atomic E-state index is -0.372. The SMILES string of the molecule is COc1ccccc1COc1cc(F)ccc1C#CCN. The van der Waals surface area contributed by atoms with Gasteiger partial charge < -0.3 is 15.2 Å². The van der Waals surface area contributed by atoms with E-state index >= 15 is 0 Å². The minimum absolute atomic E-state index is 0.239. The maximum atomic E-state index is 13.4. The molecule has 0 heterocycles. The number of methoxy groups -OCH3 is 1. The fourth-order valence-corrected chi connectivity index (χ4v) is 1.84. The quantitative estimate of drug-likeness (QED) is 0.878. The fraction of sp³-hybridized carbons (Fsp3) is 0.176. The fourth-order valence-electron chi connectivity index (χ4n) is 1.84. The second kappa shape index (κ2) is 7.32. The molecule has 0 aliphatic carbocycles. The van der Waals surface area contributed by atoms with Gasteiger partial charge >= 0.3 is 0 Å². The third-order valence-corrected chi connectivity index (χ3v) is 2.84. The number of para-hydroxylation sites is 1. The summed E-state index contributed by atoms with van der Waals surface area (Å²) in [7, 11) is 1.60. The summed E-state index contributed by atoms with van der Waals surface area (Å²) in [5.41, 5.74) is 6.84. The molecule has 108 valence electrons. The van der Waals surface area contributed by atoms with E-state index in [0.717, 1.165) is 11.3 Å². The Labute approximate surface area is 123 Å². The zero-order valence-corrected chi connectivity index (χ0v) is 11.7. The molecule has 2 N–H and O–H groups in total. The number of halogens is 1. The van der Waals surface area contributed by atoms with Crippen molar-refractivity contribution in [3.63, 3.8) is 0 Å². The largest absolute Gasteiger partial charge is 0.496 e. The zero-order chi connectivity index (χ0) is 15.1. The lowest BCUT2D eigenvalue weighted by atomic mass is 10.2. The lowest BCUT2D eigenvalue weighted by molar-refractivity contribution is 0.294. The van der Waals surface area contributed by atoms with Gasteiger partial charge in [-0.05, 0) is 18.2 Å². The summed E-state index contributed by atoms with van der Waals surface area (Å²) in [6, 6.07) is 11.7. The standard InChI is InChI=1S/C17H16FNO2/c1-20-16-7-3-2-5-14(16)12-21-17-11-15(18)9-8-13(17)6-4-10-19/h2-3,5,7-9,11H,10,12,19H2,1H3. The number of rotatable bonds is 4. The Morgan fingerprint density at radius 3 is 2.71 bits per heavy atom. The molecule has 21 heavy (non-hydrogen) atoms. The Morgan fingerprint density at radius 1 is 1.14 bits per heavy atom. The predicted octanol–water partition coefficient (Wildman–Crippen LogP) is 2.72. The van der Waals surface area contributed by atoms with E-state index in [2.05, 4.69) is 11.8 Å². The Balaban J connectivity index is 2.21. The summed E-state index contributed by atoms with van der Waals surface area (Å²) in [4.78, 5) is 0. The average Bonchev–Trinajstić information content (AvgIpc) is 2.52. The van der Waals surface area contributed by atoms with Crippen LogP contribution in [0.1, 0.15) is 11.1 Å². The predicted molar refractivity (Wildman–Crippen MR) is 79.7 cm³/mol. The molecule has 0 aliphatic heterocycles. The van der Waals surface area contributed by atoms with Crippen LogP contribution >= 0.6 is 0 Å². The topological polar surface area (TPSA) is 44.5 Å². The normalized spacial score (nSPS) is 9.67. The van der Waals surface area contributed by atoms with E-state index in [-0.39, 0.29) is 19.0 Å². The van der Waals surface area contributed by atoms with Crippen molar-refractivity contribution < 1.29 is 13.9 Å². The van der Waals surface area contributed by atoms with Gasteiger partial charge in [0, 0.05) is 11.6 Å². The third kappa shape index (κ3) is 3.98. The zero-order valence-electron chi connectivity index (χ0n) is 11.7. The van der Waals surface area contributed by atoms with E-state index in [1.807, 2.05) is 24.3 Å². The maximum absolute atomic E-state index is 13.4. The van der Waals surface area contributed by atoms with Crippen LogP contribution < -0.4 is 15.2 Å². The summed E-state index contributed by atoms with van der Waals surface area (Å²) in [6.07, 6.45) is 0. The van der Waals surface area contributed by atoms with Crippen LogP contribution in [0.5, 0.6) is 11.5 Å². The molecule has 0 fully saturated rings. The molecule has 2 rings (SSSR count). The number of hydrogen-bond donors (Lipinski definition) is 1. The molecule has 0 unspecified atom stereocenters. The van der Waals surface area contributed by atoms with Gasteiger partial charge in [0.25, 0.3) is 0 Å².